The molecule has 2 aromatic carbocycles. The third-order valence-corrected chi connectivity index (χ3v) is 5.95. The Kier molecular flexibility index (Phi) is 6.50. The van der Waals surface area contributed by atoms with E-state index in [1.54, 1.807) is 6.92 Å². The van der Waals surface area contributed by atoms with Gasteiger partial charge in [-0.3, -0.25) is 4.79 Å². The Balaban J connectivity index is 1.43. The van der Waals surface area contributed by atoms with E-state index >= 15 is 0 Å². The summed E-state index contributed by atoms with van der Waals surface area (Å²) in [6, 6.07) is 15.9. The number of halogens is 2. The molecule has 1 atom stereocenters. The number of anilines is 1. The van der Waals surface area contributed by atoms with Crippen molar-refractivity contribution < 1.29 is 18.3 Å². The van der Waals surface area contributed by atoms with E-state index in [9.17, 15) is 13.6 Å². The molecule has 9 heteroatoms. The van der Waals surface area contributed by atoms with E-state index < -0.39 is 11.9 Å². The van der Waals surface area contributed by atoms with Crippen LogP contribution >= 0.6 is 11.8 Å². The molecule has 1 amide bonds. The number of rotatable bonds is 9. The summed E-state index contributed by atoms with van der Waals surface area (Å²) in [5.41, 5.74) is 1.65. The van der Waals surface area contributed by atoms with Crippen molar-refractivity contribution in [1.82, 2.24) is 14.8 Å². The molecule has 1 N–H and O–H groups in total. The number of amides is 1. The molecule has 31 heavy (non-hydrogen) atoms. The van der Waals surface area contributed by atoms with Gasteiger partial charge in [-0.15, -0.1) is 10.2 Å². The molecule has 1 unspecified atom stereocenters. The number of benzene rings is 2. The van der Waals surface area contributed by atoms with Crippen LogP contribution in [0.3, 0.4) is 0 Å². The number of nitrogens with zero attached hydrogens (tertiary/aromatic N) is 3. The van der Waals surface area contributed by atoms with Crippen molar-refractivity contribution in [2.75, 3.05) is 5.32 Å². The second-order valence-electron chi connectivity index (χ2n) is 7.34. The minimum atomic E-state index is -2.88. The minimum Gasteiger partial charge on any atom is -0.435 e. The van der Waals surface area contributed by atoms with Crippen molar-refractivity contribution >= 4 is 23.4 Å². The number of nitrogens with one attached hydrogen (secondary N) is 1. The maximum absolute atomic E-state index is 12.7. The Labute approximate surface area is 183 Å². The summed E-state index contributed by atoms with van der Waals surface area (Å²) >= 11 is 1.35. The highest BCUT2D eigenvalue weighted by Gasteiger charge is 2.31. The molecule has 4 rings (SSSR count). The predicted octanol–water partition coefficient (Wildman–Crippen LogP) is 4.92. The second kappa shape index (κ2) is 9.47. The molecule has 162 valence electrons. The Morgan fingerprint density at radius 1 is 1.16 bits per heavy atom. The topological polar surface area (TPSA) is 69.0 Å². The van der Waals surface area contributed by atoms with E-state index in [4.69, 9.17) is 0 Å². The van der Waals surface area contributed by atoms with Gasteiger partial charge in [0.15, 0.2) is 5.16 Å². The molecular formula is C22H22F2N4O2S. The van der Waals surface area contributed by atoms with Crippen molar-refractivity contribution in [3.63, 3.8) is 0 Å². The fourth-order valence-corrected chi connectivity index (χ4v) is 3.98. The lowest BCUT2D eigenvalue weighted by molar-refractivity contribution is -0.115. The summed E-state index contributed by atoms with van der Waals surface area (Å²) in [6.07, 6.45) is 2.22. The summed E-state index contributed by atoms with van der Waals surface area (Å²) < 4.78 is 30.9. The molecule has 1 heterocycles. The fraction of sp³-hybridized carbons (Fsp3) is 0.318. The van der Waals surface area contributed by atoms with Gasteiger partial charge in [0.2, 0.25) is 5.91 Å². The largest absolute Gasteiger partial charge is 0.435 e. The molecule has 0 bridgehead atoms. The quantitative estimate of drug-likeness (QED) is 0.474. The average Bonchev–Trinajstić information content (AvgIpc) is 3.53. The molecule has 0 radical (unpaired) electrons. The maximum atomic E-state index is 12.7. The number of alkyl halides is 2. The lowest BCUT2D eigenvalue weighted by Gasteiger charge is -2.14. The van der Waals surface area contributed by atoms with E-state index in [2.05, 4.69) is 37.0 Å². The maximum Gasteiger partial charge on any atom is 0.387 e. The second-order valence-corrected chi connectivity index (χ2v) is 8.65. The summed E-state index contributed by atoms with van der Waals surface area (Å²) in [7, 11) is 0. The molecule has 1 aromatic heterocycles. The third-order valence-electron chi connectivity index (χ3n) is 4.87. The lowest BCUT2D eigenvalue weighted by atomic mass is 10.2. The lowest BCUT2D eigenvalue weighted by Crippen LogP contribution is -2.23. The van der Waals surface area contributed by atoms with Gasteiger partial charge in [-0.05, 0) is 49.6 Å². The van der Waals surface area contributed by atoms with Crippen molar-refractivity contribution in [1.29, 1.82) is 0 Å². The predicted molar refractivity (Wildman–Crippen MR) is 115 cm³/mol. The van der Waals surface area contributed by atoms with Gasteiger partial charge in [0, 0.05) is 11.6 Å². The van der Waals surface area contributed by atoms with Crippen LogP contribution in [0.1, 0.15) is 37.1 Å². The number of thioether (sulfide) groups is 1. The van der Waals surface area contributed by atoms with Crippen LogP contribution in [0.4, 0.5) is 14.5 Å². The van der Waals surface area contributed by atoms with E-state index in [0.717, 1.165) is 24.2 Å². The Morgan fingerprint density at radius 2 is 1.87 bits per heavy atom. The summed E-state index contributed by atoms with van der Waals surface area (Å²) in [6.45, 7) is -0.431. The van der Waals surface area contributed by atoms with Crippen molar-refractivity contribution in [3.8, 4) is 5.75 Å². The van der Waals surface area contributed by atoms with Crippen LogP contribution in [-0.4, -0.2) is 32.5 Å². The van der Waals surface area contributed by atoms with E-state index in [1.165, 1.54) is 36.0 Å². The first kappa shape index (κ1) is 21.3. The molecule has 0 spiro atoms. The molecule has 1 aliphatic rings. The Hall–Kier alpha value is -2.94. The first-order valence-electron chi connectivity index (χ1n) is 9.99. The molecule has 3 aromatic rings. The molecule has 0 saturated heterocycles. The zero-order chi connectivity index (χ0) is 21.8. The van der Waals surface area contributed by atoms with Crippen LogP contribution in [0.25, 0.3) is 0 Å². The van der Waals surface area contributed by atoms with Crippen LogP contribution in [0.2, 0.25) is 0 Å². The average molecular weight is 445 g/mol. The van der Waals surface area contributed by atoms with Crippen LogP contribution in [-0.2, 0) is 11.3 Å². The minimum absolute atomic E-state index is 0.0389. The standard InChI is InChI=1S/C22H22F2N4O2S/c1-14(20(29)25-17-9-11-18(12-10-17)30-21(23)24)31-22-27-26-19(16-7-8-16)28(22)13-15-5-3-2-4-6-15/h2-6,9-12,14,16,21H,7-8,13H2,1H3,(H,25,29). The van der Waals surface area contributed by atoms with Crippen LogP contribution in [0.5, 0.6) is 5.75 Å². The van der Waals surface area contributed by atoms with Gasteiger partial charge >= 0.3 is 6.61 Å². The highest BCUT2D eigenvalue weighted by Crippen LogP contribution is 2.40. The van der Waals surface area contributed by atoms with E-state index in [0.29, 0.717) is 23.3 Å². The van der Waals surface area contributed by atoms with E-state index in [-0.39, 0.29) is 11.7 Å². The normalized spacial score (nSPS) is 14.5. The van der Waals surface area contributed by atoms with Gasteiger partial charge in [0.05, 0.1) is 11.8 Å². The molecular weight excluding hydrogens is 422 g/mol. The smallest absolute Gasteiger partial charge is 0.387 e. The first-order chi connectivity index (χ1) is 15.0. The van der Waals surface area contributed by atoms with Crippen molar-refractivity contribution in [2.45, 2.75) is 49.2 Å². The third kappa shape index (κ3) is 5.61. The number of carbonyl (C=O) groups excluding carboxylic acids is 1. The van der Waals surface area contributed by atoms with Gasteiger partial charge < -0.3 is 14.6 Å². The zero-order valence-corrected chi connectivity index (χ0v) is 17.7. The van der Waals surface area contributed by atoms with Crippen LogP contribution in [0.15, 0.2) is 59.8 Å². The summed E-state index contributed by atoms with van der Waals surface area (Å²) in [4.78, 5) is 12.7. The highest BCUT2D eigenvalue weighted by molar-refractivity contribution is 8.00. The van der Waals surface area contributed by atoms with Gasteiger partial charge in [-0.25, -0.2) is 0 Å². The number of ether oxygens (including phenoxy) is 1. The molecule has 6 nitrogen and oxygen atoms in total. The summed E-state index contributed by atoms with van der Waals surface area (Å²) in [5, 5.41) is 11.8. The number of aromatic nitrogens is 3. The van der Waals surface area contributed by atoms with Gasteiger partial charge in [0.25, 0.3) is 0 Å². The van der Waals surface area contributed by atoms with Gasteiger partial charge in [-0.2, -0.15) is 8.78 Å². The Morgan fingerprint density at radius 3 is 2.52 bits per heavy atom. The highest BCUT2D eigenvalue weighted by atomic mass is 32.2. The molecule has 0 aliphatic heterocycles. The van der Waals surface area contributed by atoms with Crippen molar-refractivity contribution in [2.24, 2.45) is 0 Å². The molecule has 1 aliphatic carbocycles. The fourth-order valence-electron chi connectivity index (χ4n) is 3.12. The van der Waals surface area contributed by atoms with Gasteiger partial charge in [0.1, 0.15) is 11.6 Å². The van der Waals surface area contributed by atoms with Crippen molar-refractivity contribution in [3.05, 3.63) is 66.0 Å². The van der Waals surface area contributed by atoms with Gasteiger partial charge in [-0.1, -0.05) is 42.1 Å². The Bertz CT molecular complexity index is 1020. The molecule has 1 saturated carbocycles. The van der Waals surface area contributed by atoms with Crippen LogP contribution in [0, 0.1) is 0 Å². The number of carbonyl (C=O) groups is 1. The van der Waals surface area contributed by atoms with E-state index in [1.807, 2.05) is 18.2 Å². The number of hydrogen-bond acceptors (Lipinski definition) is 5. The molecule has 1 fully saturated rings. The van der Waals surface area contributed by atoms with Crippen LogP contribution < -0.4 is 10.1 Å². The number of hydrogen-bond donors (Lipinski definition) is 1. The summed E-state index contributed by atoms with van der Waals surface area (Å²) in [5.74, 6) is 1.23. The monoisotopic (exact) mass is 444 g/mol. The first-order valence-corrected chi connectivity index (χ1v) is 10.9. The zero-order valence-electron chi connectivity index (χ0n) is 16.9. The SMILES string of the molecule is CC(Sc1nnc(C2CC2)n1Cc1ccccc1)C(=O)Nc1ccc(OC(F)F)cc1.